The van der Waals surface area contributed by atoms with E-state index in [1.54, 1.807) is 29.4 Å². The number of nitrogens with one attached hydrogen (secondary N) is 1. The quantitative estimate of drug-likeness (QED) is 0.807. The fraction of sp³-hybridized carbons (Fsp3) is 0.350. The summed E-state index contributed by atoms with van der Waals surface area (Å²) >= 11 is 7.39. The normalized spacial score (nSPS) is 21.3. The van der Waals surface area contributed by atoms with Crippen molar-refractivity contribution >= 4 is 40.9 Å². The zero-order valence-corrected chi connectivity index (χ0v) is 16.7. The highest BCUT2D eigenvalue weighted by molar-refractivity contribution is 8.01. The van der Waals surface area contributed by atoms with Crippen molar-refractivity contribution in [3.63, 3.8) is 0 Å². The van der Waals surface area contributed by atoms with Crippen LogP contribution in [0.2, 0.25) is 5.02 Å². The van der Waals surface area contributed by atoms with Crippen LogP contribution in [0.25, 0.3) is 0 Å². The predicted molar refractivity (Wildman–Crippen MR) is 108 cm³/mol. The van der Waals surface area contributed by atoms with E-state index < -0.39 is 5.25 Å². The highest BCUT2D eigenvalue weighted by Gasteiger charge is 2.33. The Labute approximate surface area is 172 Å². The summed E-state index contributed by atoms with van der Waals surface area (Å²) in [5, 5.41) is 2.99. The molecule has 2 atom stereocenters. The SMILES string of the molecule is O=C1Nc2cc(Cl)ccc2SC1CC(=O)N1CCC(OCc2ccncc2)C1. The van der Waals surface area contributed by atoms with E-state index in [2.05, 4.69) is 10.3 Å². The molecule has 2 aliphatic heterocycles. The Balaban J connectivity index is 1.29. The van der Waals surface area contributed by atoms with E-state index >= 15 is 0 Å². The van der Waals surface area contributed by atoms with Gasteiger partial charge in [0.25, 0.3) is 0 Å². The summed E-state index contributed by atoms with van der Waals surface area (Å²) in [5.74, 6) is -0.169. The molecule has 1 aromatic carbocycles. The molecule has 0 spiro atoms. The lowest BCUT2D eigenvalue weighted by Crippen LogP contribution is -2.37. The maximum absolute atomic E-state index is 12.7. The van der Waals surface area contributed by atoms with Crippen molar-refractivity contribution in [1.82, 2.24) is 9.88 Å². The van der Waals surface area contributed by atoms with Crippen molar-refractivity contribution < 1.29 is 14.3 Å². The molecule has 1 aromatic heterocycles. The number of pyridine rings is 1. The van der Waals surface area contributed by atoms with Gasteiger partial charge in [0.15, 0.2) is 0 Å². The van der Waals surface area contributed by atoms with Crippen LogP contribution in [0.3, 0.4) is 0 Å². The molecular formula is C20H20ClN3O3S. The van der Waals surface area contributed by atoms with Crippen LogP contribution in [0.1, 0.15) is 18.4 Å². The summed E-state index contributed by atoms with van der Waals surface area (Å²) in [6, 6.07) is 9.22. The molecule has 6 nitrogen and oxygen atoms in total. The number of halogens is 1. The number of hydrogen-bond acceptors (Lipinski definition) is 5. The third-order valence-corrected chi connectivity index (χ3v) is 6.36. The van der Waals surface area contributed by atoms with Crippen molar-refractivity contribution in [2.75, 3.05) is 18.4 Å². The summed E-state index contributed by atoms with van der Waals surface area (Å²) in [6.07, 6.45) is 4.48. The maximum Gasteiger partial charge on any atom is 0.238 e. The molecule has 0 saturated carbocycles. The Morgan fingerprint density at radius 3 is 2.96 bits per heavy atom. The minimum absolute atomic E-state index is 0.0138. The Morgan fingerprint density at radius 2 is 2.14 bits per heavy atom. The van der Waals surface area contributed by atoms with Crippen LogP contribution in [0.4, 0.5) is 5.69 Å². The molecule has 0 radical (unpaired) electrons. The Morgan fingerprint density at radius 1 is 1.32 bits per heavy atom. The molecule has 2 unspecified atom stereocenters. The van der Waals surface area contributed by atoms with Crippen molar-refractivity contribution in [1.29, 1.82) is 0 Å². The zero-order chi connectivity index (χ0) is 19.5. The third kappa shape index (κ3) is 4.48. The fourth-order valence-electron chi connectivity index (χ4n) is 3.33. The van der Waals surface area contributed by atoms with Gasteiger partial charge >= 0.3 is 0 Å². The number of ether oxygens (including phenoxy) is 1. The number of aromatic nitrogens is 1. The number of fused-ring (bicyclic) bond motifs is 1. The van der Waals surface area contributed by atoms with Gasteiger partial charge in [-0.05, 0) is 42.3 Å². The van der Waals surface area contributed by atoms with Crippen LogP contribution in [-0.2, 0) is 20.9 Å². The zero-order valence-electron chi connectivity index (χ0n) is 15.1. The lowest BCUT2D eigenvalue weighted by Gasteiger charge is -2.25. The summed E-state index contributed by atoms with van der Waals surface area (Å²) < 4.78 is 5.92. The minimum atomic E-state index is -0.432. The molecule has 0 aliphatic carbocycles. The Bertz CT molecular complexity index is 880. The summed E-state index contributed by atoms with van der Waals surface area (Å²) in [6.45, 7) is 1.73. The molecule has 1 N–H and O–H groups in total. The van der Waals surface area contributed by atoms with Crippen LogP contribution >= 0.6 is 23.4 Å². The standard InChI is InChI=1S/C20H20ClN3O3S/c21-14-1-2-17-16(9-14)23-20(26)18(28-17)10-19(25)24-8-5-15(11-24)27-12-13-3-6-22-7-4-13/h1-4,6-7,9,15,18H,5,8,10-12H2,(H,23,26). The van der Waals surface area contributed by atoms with Gasteiger partial charge in [-0.15, -0.1) is 11.8 Å². The summed E-state index contributed by atoms with van der Waals surface area (Å²) in [5.41, 5.74) is 1.77. The van der Waals surface area contributed by atoms with E-state index in [-0.39, 0.29) is 24.3 Å². The molecule has 28 heavy (non-hydrogen) atoms. The first-order valence-corrected chi connectivity index (χ1v) is 10.4. The first-order valence-electron chi connectivity index (χ1n) is 9.14. The second-order valence-electron chi connectivity index (χ2n) is 6.86. The molecule has 1 fully saturated rings. The van der Waals surface area contributed by atoms with Gasteiger partial charge in [0.05, 0.1) is 23.6 Å². The van der Waals surface area contributed by atoms with Crippen molar-refractivity contribution in [2.24, 2.45) is 0 Å². The number of carbonyl (C=O) groups excluding carboxylic acids is 2. The Kier molecular flexibility index (Phi) is 5.85. The van der Waals surface area contributed by atoms with E-state index in [9.17, 15) is 9.59 Å². The summed E-state index contributed by atoms with van der Waals surface area (Å²) in [7, 11) is 0. The molecule has 8 heteroatoms. The van der Waals surface area contributed by atoms with E-state index in [0.29, 0.717) is 30.4 Å². The first kappa shape index (κ1) is 19.2. The number of nitrogens with zero attached hydrogens (tertiary/aromatic N) is 2. The minimum Gasteiger partial charge on any atom is -0.372 e. The predicted octanol–water partition coefficient (Wildman–Crippen LogP) is 3.36. The van der Waals surface area contributed by atoms with E-state index in [4.69, 9.17) is 16.3 Å². The van der Waals surface area contributed by atoms with Crippen LogP contribution in [0.15, 0.2) is 47.6 Å². The average Bonchev–Trinajstić information content (AvgIpc) is 3.17. The first-order chi connectivity index (χ1) is 13.6. The van der Waals surface area contributed by atoms with Gasteiger partial charge in [-0.2, -0.15) is 0 Å². The Hall–Kier alpha value is -2.09. The molecule has 146 valence electrons. The lowest BCUT2D eigenvalue weighted by molar-refractivity contribution is -0.132. The van der Waals surface area contributed by atoms with Gasteiger partial charge in [-0.3, -0.25) is 14.6 Å². The maximum atomic E-state index is 12.7. The van der Waals surface area contributed by atoms with E-state index in [1.165, 1.54) is 11.8 Å². The third-order valence-electron chi connectivity index (χ3n) is 4.85. The molecule has 0 bridgehead atoms. The number of benzene rings is 1. The lowest BCUT2D eigenvalue weighted by atomic mass is 10.2. The molecule has 2 aromatic rings. The average molecular weight is 418 g/mol. The number of amides is 2. The van der Waals surface area contributed by atoms with E-state index in [1.807, 2.05) is 18.2 Å². The number of anilines is 1. The number of thioether (sulfide) groups is 1. The number of carbonyl (C=O) groups is 2. The van der Waals surface area contributed by atoms with Gasteiger partial charge in [-0.1, -0.05) is 11.6 Å². The van der Waals surface area contributed by atoms with Crippen molar-refractivity contribution in [3.05, 3.63) is 53.3 Å². The monoisotopic (exact) mass is 417 g/mol. The topological polar surface area (TPSA) is 71.5 Å². The van der Waals surface area contributed by atoms with Gasteiger partial charge in [0.1, 0.15) is 0 Å². The fourth-order valence-corrected chi connectivity index (χ4v) is 4.58. The number of rotatable bonds is 5. The van der Waals surface area contributed by atoms with Crippen molar-refractivity contribution in [2.45, 2.75) is 35.7 Å². The van der Waals surface area contributed by atoms with Crippen molar-refractivity contribution in [3.8, 4) is 0 Å². The van der Waals surface area contributed by atoms with Crippen LogP contribution in [-0.4, -0.2) is 46.1 Å². The number of hydrogen-bond donors (Lipinski definition) is 1. The second kappa shape index (κ2) is 8.51. The van der Waals surface area contributed by atoms with Crippen LogP contribution in [0, 0.1) is 0 Å². The molecule has 1 saturated heterocycles. The van der Waals surface area contributed by atoms with E-state index in [0.717, 1.165) is 16.9 Å². The van der Waals surface area contributed by atoms with Gasteiger partial charge in [-0.25, -0.2) is 0 Å². The van der Waals surface area contributed by atoms with Crippen LogP contribution < -0.4 is 5.32 Å². The molecular weight excluding hydrogens is 398 g/mol. The smallest absolute Gasteiger partial charge is 0.238 e. The second-order valence-corrected chi connectivity index (χ2v) is 8.54. The number of likely N-dealkylation sites (tertiary alicyclic amines) is 1. The molecule has 2 amide bonds. The molecule has 2 aliphatic rings. The highest BCUT2D eigenvalue weighted by atomic mass is 35.5. The summed E-state index contributed by atoms with van der Waals surface area (Å²) in [4.78, 5) is 31.8. The largest absolute Gasteiger partial charge is 0.372 e. The highest BCUT2D eigenvalue weighted by Crippen LogP contribution is 2.38. The molecule has 3 heterocycles. The van der Waals surface area contributed by atoms with Crippen LogP contribution in [0.5, 0.6) is 0 Å². The molecule has 4 rings (SSSR count). The van der Waals surface area contributed by atoms with Gasteiger partial charge < -0.3 is 15.0 Å². The van der Waals surface area contributed by atoms with Gasteiger partial charge in [0, 0.05) is 41.8 Å². The van der Waals surface area contributed by atoms with Gasteiger partial charge in [0.2, 0.25) is 11.8 Å².